The molecule has 2 heteroatoms. The summed E-state index contributed by atoms with van der Waals surface area (Å²) in [6, 6.07) is 7.72. The SMILES string of the molecule is C=C/C=C(/Oc1ccccc1C)C(=C)N. The molecule has 1 aromatic rings. The predicted octanol–water partition coefficient (Wildman–Crippen LogP) is 2.92. The van der Waals surface area contributed by atoms with E-state index in [1.165, 1.54) is 0 Å². The van der Waals surface area contributed by atoms with Crippen LogP contribution in [-0.4, -0.2) is 0 Å². The molecule has 0 aliphatic heterocycles. The fraction of sp³-hybridized carbons (Fsp3) is 0.0769. The lowest BCUT2D eigenvalue weighted by Gasteiger charge is -2.11. The molecule has 0 aliphatic carbocycles. The van der Waals surface area contributed by atoms with Gasteiger partial charge in [-0.3, -0.25) is 0 Å². The summed E-state index contributed by atoms with van der Waals surface area (Å²) in [6.07, 6.45) is 3.31. The van der Waals surface area contributed by atoms with E-state index in [4.69, 9.17) is 10.5 Å². The van der Waals surface area contributed by atoms with Crippen LogP contribution in [0.4, 0.5) is 0 Å². The van der Waals surface area contributed by atoms with E-state index in [0.717, 1.165) is 11.3 Å². The predicted molar refractivity (Wildman–Crippen MR) is 63.4 cm³/mol. The number of rotatable bonds is 4. The van der Waals surface area contributed by atoms with Crippen molar-refractivity contribution in [1.82, 2.24) is 0 Å². The quantitative estimate of drug-likeness (QED) is 0.600. The molecule has 0 heterocycles. The molecule has 0 spiro atoms. The Hall–Kier alpha value is -1.96. The zero-order valence-corrected chi connectivity index (χ0v) is 8.86. The molecule has 0 bridgehead atoms. The van der Waals surface area contributed by atoms with Gasteiger partial charge in [-0.1, -0.05) is 37.4 Å². The summed E-state index contributed by atoms with van der Waals surface area (Å²) in [5.41, 5.74) is 7.02. The molecule has 0 saturated carbocycles. The third-order valence-corrected chi connectivity index (χ3v) is 1.90. The van der Waals surface area contributed by atoms with Gasteiger partial charge in [-0.2, -0.15) is 0 Å². The van der Waals surface area contributed by atoms with Gasteiger partial charge >= 0.3 is 0 Å². The van der Waals surface area contributed by atoms with Gasteiger partial charge in [-0.05, 0) is 24.6 Å². The largest absolute Gasteiger partial charge is 0.455 e. The molecule has 0 fully saturated rings. The maximum atomic E-state index is 5.61. The zero-order chi connectivity index (χ0) is 11.3. The topological polar surface area (TPSA) is 35.2 Å². The van der Waals surface area contributed by atoms with Crippen molar-refractivity contribution in [3.63, 3.8) is 0 Å². The number of para-hydroxylation sites is 1. The molecule has 0 aromatic heterocycles. The number of allylic oxidation sites excluding steroid dienone is 2. The Morgan fingerprint density at radius 2 is 2.07 bits per heavy atom. The van der Waals surface area contributed by atoms with Crippen molar-refractivity contribution in [2.75, 3.05) is 0 Å². The molecule has 0 atom stereocenters. The number of nitrogens with two attached hydrogens (primary N) is 1. The van der Waals surface area contributed by atoms with Crippen LogP contribution in [-0.2, 0) is 0 Å². The molecule has 1 aromatic carbocycles. The average Bonchev–Trinajstić information content (AvgIpc) is 2.20. The fourth-order valence-electron chi connectivity index (χ4n) is 1.10. The zero-order valence-electron chi connectivity index (χ0n) is 8.86. The van der Waals surface area contributed by atoms with Crippen LogP contribution in [0.1, 0.15) is 5.56 Å². The molecule has 2 nitrogen and oxygen atoms in total. The molecule has 0 saturated heterocycles. The summed E-state index contributed by atoms with van der Waals surface area (Å²) < 4.78 is 5.61. The summed E-state index contributed by atoms with van der Waals surface area (Å²) in [5, 5.41) is 0. The average molecular weight is 201 g/mol. The Morgan fingerprint density at radius 1 is 1.40 bits per heavy atom. The highest BCUT2D eigenvalue weighted by Gasteiger charge is 2.03. The molecule has 2 N–H and O–H groups in total. The van der Waals surface area contributed by atoms with E-state index in [1.54, 1.807) is 12.2 Å². The van der Waals surface area contributed by atoms with E-state index in [9.17, 15) is 0 Å². The lowest BCUT2D eigenvalue weighted by Crippen LogP contribution is -2.06. The van der Waals surface area contributed by atoms with Gasteiger partial charge in [-0.15, -0.1) is 0 Å². The Kier molecular flexibility index (Phi) is 3.75. The van der Waals surface area contributed by atoms with Crippen LogP contribution in [0.3, 0.4) is 0 Å². The molecular formula is C13H15NO. The number of ether oxygens (including phenoxy) is 1. The molecule has 0 aliphatic rings. The molecule has 1 rings (SSSR count). The maximum absolute atomic E-state index is 5.61. The lowest BCUT2D eigenvalue weighted by atomic mass is 10.2. The van der Waals surface area contributed by atoms with Gasteiger partial charge in [0.1, 0.15) is 11.5 Å². The van der Waals surface area contributed by atoms with Crippen molar-refractivity contribution in [3.8, 4) is 5.75 Å². The standard InChI is InChI=1S/C13H15NO/c1-4-7-13(11(3)14)15-12-9-6-5-8-10(12)2/h4-9H,1,3,14H2,2H3/b13-7+. The summed E-state index contributed by atoms with van der Waals surface area (Å²) in [4.78, 5) is 0. The first-order valence-corrected chi connectivity index (χ1v) is 4.66. The summed E-state index contributed by atoms with van der Waals surface area (Å²) in [7, 11) is 0. The van der Waals surface area contributed by atoms with Gasteiger partial charge in [0.15, 0.2) is 0 Å². The number of benzene rings is 1. The minimum absolute atomic E-state index is 0.387. The van der Waals surface area contributed by atoms with Crippen LogP contribution in [0.2, 0.25) is 0 Å². The number of aryl methyl sites for hydroxylation is 1. The van der Waals surface area contributed by atoms with Crippen molar-refractivity contribution in [1.29, 1.82) is 0 Å². The fourth-order valence-corrected chi connectivity index (χ4v) is 1.10. The van der Waals surface area contributed by atoms with E-state index >= 15 is 0 Å². The van der Waals surface area contributed by atoms with Crippen molar-refractivity contribution >= 4 is 0 Å². The first-order valence-electron chi connectivity index (χ1n) is 4.66. The Morgan fingerprint density at radius 3 is 2.60 bits per heavy atom. The third-order valence-electron chi connectivity index (χ3n) is 1.90. The lowest BCUT2D eigenvalue weighted by molar-refractivity contribution is 0.432. The Balaban J connectivity index is 2.93. The van der Waals surface area contributed by atoms with E-state index in [-0.39, 0.29) is 0 Å². The van der Waals surface area contributed by atoms with E-state index in [2.05, 4.69) is 13.2 Å². The summed E-state index contributed by atoms with van der Waals surface area (Å²) in [5.74, 6) is 1.30. The summed E-state index contributed by atoms with van der Waals surface area (Å²) in [6.45, 7) is 9.20. The van der Waals surface area contributed by atoms with Crippen molar-refractivity contribution < 1.29 is 4.74 Å². The Bertz CT molecular complexity index is 405. The highest BCUT2D eigenvalue weighted by Crippen LogP contribution is 2.20. The van der Waals surface area contributed by atoms with Crippen molar-refractivity contribution in [2.45, 2.75) is 6.92 Å². The Labute approximate surface area is 90.4 Å². The molecule has 0 amide bonds. The monoisotopic (exact) mass is 201 g/mol. The van der Waals surface area contributed by atoms with Crippen LogP contribution in [0, 0.1) is 6.92 Å². The van der Waals surface area contributed by atoms with Gasteiger partial charge in [-0.25, -0.2) is 0 Å². The van der Waals surface area contributed by atoms with Crippen LogP contribution < -0.4 is 10.5 Å². The van der Waals surface area contributed by atoms with Gasteiger partial charge in [0.05, 0.1) is 5.70 Å². The molecule has 0 radical (unpaired) electrons. The minimum atomic E-state index is 0.387. The second kappa shape index (κ2) is 5.05. The molecular weight excluding hydrogens is 186 g/mol. The number of hydrogen-bond donors (Lipinski definition) is 1. The second-order valence-corrected chi connectivity index (χ2v) is 3.16. The van der Waals surface area contributed by atoms with Crippen LogP contribution in [0.25, 0.3) is 0 Å². The van der Waals surface area contributed by atoms with E-state index in [0.29, 0.717) is 11.5 Å². The van der Waals surface area contributed by atoms with E-state index < -0.39 is 0 Å². The van der Waals surface area contributed by atoms with E-state index in [1.807, 2.05) is 31.2 Å². The van der Waals surface area contributed by atoms with Crippen LogP contribution in [0.5, 0.6) is 5.75 Å². The second-order valence-electron chi connectivity index (χ2n) is 3.16. The van der Waals surface area contributed by atoms with Crippen LogP contribution >= 0.6 is 0 Å². The maximum Gasteiger partial charge on any atom is 0.149 e. The first kappa shape index (κ1) is 11.1. The van der Waals surface area contributed by atoms with Gasteiger partial charge in [0, 0.05) is 0 Å². The molecule has 15 heavy (non-hydrogen) atoms. The molecule has 0 unspecified atom stereocenters. The van der Waals surface area contributed by atoms with Gasteiger partial charge in [0.25, 0.3) is 0 Å². The van der Waals surface area contributed by atoms with Gasteiger partial charge in [0.2, 0.25) is 0 Å². The van der Waals surface area contributed by atoms with Gasteiger partial charge < -0.3 is 10.5 Å². The molecule has 78 valence electrons. The highest BCUT2D eigenvalue weighted by atomic mass is 16.5. The van der Waals surface area contributed by atoms with Crippen molar-refractivity contribution in [2.24, 2.45) is 5.73 Å². The normalized spacial score (nSPS) is 10.9. The highest BCUT2D eigenvalue weighted by molar-refractivity contribution is 5.36. The third kappa shape index (κ3) is 3.02. The number of hydrogen-bond acceptors (Lipinski definition) is 2. The minimum Gasteiger partial charge on any atom is -0.455 e. The van der Waals surface area contributed by atoms with Crippen molar-refractivity contribution in [3.05, 3.63) is 66.6 Å². The smallest absolute Gasteiger partial charge is 0.149 e. The van der Waals surface area contributed by atoms with Crippen LogP contribution in [0.15, 0.2) is 61.0 Å². The summed E-state index contributed by atoms with van der Waals surface area (Å²) >= 11 is 0. The first-order chi connectivity index (χ1) is 7.15.